The van der Waals surface area contributed by atoms with Crippen LogP contribution in [0.3, 0.4) is 0 Å². The predicted molar refractivity (Wildman–Crippen MR) is 63.8 cm³/mol. The first-order valence-electron chi connectivity index (χ1n) is 5.30. The summed E-state index contributed by atoms with van der Waals surface area (Å²) in [6.45, 7) is 8.60. The third kappa shape index (κ3) is 2.19. The summed E-state index contributed by atoms with van der Waals surface area (Å²) >= 11 is 0. The second kappa shape index (κ2) is 4.89. The number of nitrogens with zero attached hydrogens (tertiary/aromatic N) is 1. The van der Waals surface area contributed by atoms with Crippen LogP contribution in [-0.4, -0.2) is 13.1 Å². The number of rotatable bonds is 4. The van der Waals surface area contributed by atoms with Gasteiger partial charge >= 0.3 is 0 Å². The lowest BCUT2D eigenvalue weighted by molar-refractivity contribution is 0.789. The third-order valence-corrected chi connectivity index (χ3v) is 2.56. The third-order valence-electron chi connectivity index (χ3n) is 2.56. The van der Waals surface area contributed by atoms with E-state index < -0.39 is 0 Å². The van der Waals surface area contributed by atoms with Crippen LogP contribution in [0.25, 0.3) is 0 Å². The van der Waals surface area contributed by atoms with Gasteiger partial charge in [-0.25, -0.2) is 0 Å². The largest absolute Gasteiger partial charge is 0.398 e. The van der Waals surface area contributed by atoms with Crippen LogP contribution in [-0.2, 0) is 0 Å². The number of benzene rings is 1. The van der Waals surface area contributed by atoms with Gasteiger partial charge in [-0.15, -0.1) is 0 Å². The molecule has 2 heteroatoms. The summed E-state index contributed by atoms with van der Waals surface area (Å²) in [5.74, 6) is 0. The van der Waals surface area contributed by atoms with Crippen LogP contribution >= 0.6 is 0 Å². The fourth-order valence-corrected chi connectivity index (χ4v) is 1.70. The Balaban J connectivity index is 2.97. The van der Waals surface area contributed by atoms with E-state index in [4.69, 9.17) is 5.73 Å². The summed E-state index contributed by atoms with van der Waals surface area (Å²) in [7, 11) is 0. The topological polar surface area (TPSA) is 29.3 Å². The summed E-state index contributed by atoms with van der Waals surface area (Å²) in [5, 5.41) is 0. The average Bonchev–Trinajstić information content (AvgIpc) is 2.19. The van der Waals surface area contributed by atoms with Crippen molar-refractivity contribution in [3.63, 3.8) is 0 Å². The molecule has 0 fully saturated rings. The van der Waals surface area contributed by atoms with Crippen molar-refractivity contribution in [2.24, 2.45) is 0 Å². The van der Waals surface area contributed by atoms with Gasteiger partial charge in [0.25, 0.3) is 0 Å². The number of anilines is 2. The molecule has 14 heavy (non-hydrogen) atoms. The summed E-state index contributed by atoms with van der Waals surface area (Å²) < 4.78 is 0. The Kier molecular flexibility index (Phi) is 3.81. The minimum Gasteiger partial charge on any atom is -0.398 e. The molecule has 0 saturated heterocycles. The fraction of sp³-hybridized carbons (Fsp3) is 0.500. The van der Waals surface area contributed by atoms with Crippen LogP contribution in [0.1, 0.15) is 25.8 Å². The van der Waals surface area contributed by atoms with Gasteiger partial charge in [-0.1, -0.05) is 13.0 Å². The van der Waals surface area contributed by atoms with E-state index in [1.807, 2.05) is 12.1 Å². The van der Waals surface area contributed by atoms with Crippen molar-refractivity contribution >= 4 is 11.4 Å². The van der Waals surface area contributed by atoms with Crippen LogP contribution in [0.15, 0.2) is 18.2 Å². The molecule has 0 aliphatic rings. The van der Waals surface area contributed by atoms with Crippen molar-refractivity contribution in [2.75, 3.05) is 23.7 Å². The second-order valence-electron chi connectivity index (χ2n) is 3.57. The maximum absolute atomic E-state index is 5.88. The van der Waals surface area contributed by atoms with E-state index >= 15 is 0 Å². The second-order valence-corrected chi connectivity index (χ2v) is 3.57. The first-order valence-corrected chi connectivity index (χ1v) is 5.30. The molecule has 0 aliphatic carbocycles. The molecule has 0 amide bonds. The number of hydrogen-bond acceptors (Lipinski definition) is 2. The highest BCUT2D eigenvalue weighted by Gasteiger charge is 2.07. The smallest absolute Gasteiger partial charge is 0.0416 e. The molecule has 0 unspecified atom stereocenters. The van der Waals surface area contributed by atoms with Crippen LogP contribution in [0, 0.1) is 6.92 Å². The summed E-state index contributed by atoms with van der Waals surface area (Å²) in [4.78, 5) is 2.37. The predicted octanol–water partition coefficient (Wildman–Crippen LogP) is 2.81. The van der Waals surface area contributed by atoms with Crippen molar-refractivity contribution in [1.82, 2.24) is 0 Å². The molecule has 0 saturated carbocycles. The van der Waals surface area contributed by atoms with Gasteiger partial charge in [-0.05, 0) is 38.0 Å². The minimum absolute atomic E-state index is 0.886. The highest BCUT2D eigenvalue weighted by Crippen LogP contribution is 2.24. The lowest BCUT2D eigenvalue weighted by Gasteiger charge is -2.24. The molecule has 0 bridgehead atoms. The van der Waals surface area contributed by atoms with E-state index in [9.17, 15) is 0 Å². The Morgan fingerprint density at radius 1 is 1.29 bits per heavy atom. The molecule has 1 aromatic carbocycles. The van der Waals surface area contributed by atoms with E-state index in [2.05, 4.69) is 31.7 Å². The zero-order valence-electron chi connectivity index (χ0n) is 9.38. The molecule has 0 heterocycles. The average molecular weight is 192 g/mol. The molecular formula is C12H20N2. The highest BCUT2D eigenvalue weighted by molar-refractivity contribution is 5.64. The zero-order valence-corrected chi connectivity index (χ0v) is 9.38. The molecule has 0 aliphatic heterocycles. The van der Waals surface area contributed by atoms with Crippen LogP contribution in [0.4, 0.5) is 11.4 Å². The molecule has 1 aromatic rings. The first-order chi connectivity index (χ1) is 6.70. The van der Waals surface area contributed by atoms with Gasteiger partial charge in [0, 0.05) is 24.5 Å². The Labute approximate surface area is 86.7 Å². The van der Waals surface area contributed by atoms with Crippen molar-refractivity contribution in [3.05, 3.63) is 23.8 Å². The Morgan fingerprint density at radius 2 is 2.00 bits per heavy atom. The molecule has 0 aromatic heterocycles. The molecule has 0 radical (unpaired) electrons. The number of nitrogens with two attached hydrogens (primary N) is 1. The molecule has 1 rings (SSSR count). The van der Waals surface area contributed by atoms with Crippen molar-refractivity contribution in [3.8, 4) is 0 Å². The van der Waals surface area contributed by atoms with E-state index in [-0.39, 0.29) is 0 Å². The van der Waals surface area contributed by atoms with Crippen molar-refractivity contribution in [1.29, 1.82) is 0 Å². The molecule has 0 atom stereocenters. The molecule has 2 nitrogen and oxygen atoms in total. The van der Waals surface area contributed by atoms with Gasteiger partial charge in [0.15, 0.2) is 0 Å². The summed E-state index contributed by atoms with van der Waals surface area (Å²) in [6, 6.07) is 6.12. The Morgan fingerprint density at radius 3 is 2.57 bits per heavy atom. The van der Waals surface area contributed by atoms with E-state index in [1.54, 1.807) is 0 Å². The lowest BCUT2D eigenvalue weighted by atomic mass is 10.1. The van der Waals surface area contributed by atoms with Gasteiger partial charge in [0.2, 0.25) is 0 Å². The number of nitrogen functional groups attached to an aromatic ring is 1. The van der Waals surface area contributed by atoms with Crippen molar-refractivity contribution < 1.29 is 0 Å². The Hall–Kier alpha value is -1.18. The minimum atomic E-state index is 0.886. The lowest BCUT2D eigenvalue weighted by Crippen LogP contribution is -2.24. The highest BCUT2D eigenvalue weighted by atomic mass is 15.1. The Bertz CT molecular complexity index is 294. The van der Waals surface area contributed by atoms with E-state index in [0.29, 0.717) is 0 Å². The van der Waals surface area contributed by atoms with Crippen LogP contribution in [0.2, 0.25) is 0 Å². The first kappa shape index (κ1) is 10.9. The SMILES string of the molecule is CCCN(CC)c1cccc(N)c1C. The van der Waals surface area contributed by atoms with Gasteiger partial charge < -0.3 is 10.6 Å². The fourth-order valence-electron chi connectivity index (χ4n) is 1.70. The standard InChI is InChI=1S/C12H20N2/c1-4-9-14(5-2)12-8-6-7-11(13)10(12)3/h6-8H,4-5,9,13H2,1-3H3. The van der Waals surface area contributed by atoms with Gasteiger partial charge in [0.1, 0.15) is 0 Å². The zero-order chi connectivity index (χ0) is 10.6. The van der Waals surface area contributed by atoms with Gasteiger partial charge in [-0.2, -0.15) is 0 Å². The van der Waals surface area contributed by atoms with E-state index in [1.165, 1.54) is 17.7 Å². The molecule has 78 valence electrons. The van der Waals surface area contributed by atoms with Gasteiger partial charge in [-0.3, -0.25) is 0 Å². The molecule has 2 N–H and O–H groups in total. The van der Waals surface area contributed by atoms with Gasteiger partial charge in [0.05, 0.1) is 0 Å². The summed E-state index contributed by atoms with van der Waals surface area (Å²) in [6.07, 6.45) is 1.17. The number of hydrogen-bond donors (Lipinski definition) is 1. The monoisotopic (exact) mass is 192 g/mol. The maximum Gasteiger partial charge on any atom is 0.0416 e. The van der Waals surface area contributed by atoms with Crippen LogP contribution in [0.5, 0.6) is 0 Å². The summed E-state index contributed by atoms with van der Waals surface area (Å²) in [5.41, 5.74) is 9.24. The molecular weight excluding hydrogens is 172 g/mol. The van der Waals surface area contributed by atoms with E-state index in [0.717, 1.165) is 18.8 Å². The molecule has 0 spiro atoms. The van der Waals surface area contributed by atoms with Crippen molar-refractivity contribution in [2.45, 2.75) is 27.2 Å². The van der Waals surface area contributed by atoms with Crippen LogP contribution < -0.4 is 10.6 Å². The quantitative estimate of drug-likeness (QED) is 0.743. The maximum atomic E-state index is 5.88. The normalized spacial score (nSPS) is 10.2.